The van der Waals surface area contributed by atoms with Gasteiger partial charge < -0.3 is 10.4 Å². The van der Waals surface area contributed by atoms with Crippen LogP contribution in [0.25, 0.3) is 0 Å². The minimum absolute atomic E-state index is 0.133. The van der Waals surface area contributed by atoms with Crippen LogP contribution in [0, 0.1) is 25.7 Å². The van der Waals surface area contributed by atoms with Crippen molar-refractivity contribution in [3.05, 3.63) is 51.0 Å². The van der Waals surface area contributed by atoms with Crippen molar-refractivity contribution in [3.8, 4) is 11.8 Å². The first-order valence-electron chi connectivity index (χ1n) is 6.50. The largest absolute Gasteiger partial charge is 0.384 e. The summed E-state index contributed by atoms with van der Waals surface area (Å²) in [6, 6.07) is 5.43. The predicted molar refractivity (Wildman–Crippen MR) is 83.2 cm³/mol. The molecule has 0 aliphatic heterocycles. The summed E-state index contributed by atoms with van der Waals surface area (Å²) in [6.07, 6.45) is 1.77. The fraction of sp³-hybridized carbons (Fsp3) is 0.250. The summed E-state index contributed by atoms with van der Waals surface area (Å²) in [5.74, 6) is 5.25. The van der Waals surface area contributed by atoms with E-state index >= 15 is 0 Å². The van der Waals surface area contributed by atoms with Gasteiger partial charge in [0.25, 0.3) is 5.91 Å². The molecule has 0 radical (unpaired) electrons. The number of benzene rings is 1. The molecule has 1 heterocycles. The van der Waals surface area contributed by atoms with Crippen LogP contribution in [0.15, 0.2) is 24.4 Å². The first kappa shape index (κ1) is 15.2. The van der Waals surface area contributed by atoms with Crippen molar-refractivity contribution < 1.29 is 9.90 Å². The van der Waals surface area contributed by atoms with Gasteiger partial charge in [-0.2, -0.15) is 0 Å². The summed E-state index contributed by atoms with van der Waals surface area (Å²) in [4.78, 5) is 17.4. The molecule has 0 bridgehead atoms. The molecule has 2 rings (SSSR count). The lowest BCUT2D eigenvalue weighted by molar-refractivity contribution is 0.0950. The average Bonchev–Trinajstić information content (AvgIpc) is 2.89. The number of rotatable bonds is 3. The second-order valence-corrected chi connectivity index (χ2v) is 5.84. The predicted octanol–water partition coefficient (Wildman–Crippen LogP) is 2.03. The van der Waals surface area contributed by atoms with Crippen LogP contribution in [0.5, 0.6) is 0 Å². The number of amides is 1. The number of carbonyl (C=O) groups excluding carboxylic acids is 1. The molecule has 1 aromatic carbocycles. The Bertz CT molecular complexity index is 711. The minimum Gasteiger partial charge on any atom is -0.384 e. The van der Waals surface area contributed by atoms with Gasteiger partial charge in [0.15, 0.2) is 0 Å². The van der Waals surface area contributed by atoms with Crippen molar-refractivity contribution in [3.63, 3.8) is 0 Å². The van der Waals surface area contributed by atoms with Crippen molar-refractivity contribution in [1.29, 1.82) is 0 Å². The van der Waals surface area contributed by atoms with E-state index in [0.717, 1.165) is 15.4 Å². The number of hydrogen-bond donors (Lipinski definition) is 2. The zero-order chi connectivity index (χ0) is 15.2. The van der Waals surface area contributed by atoms with Crippen LogP contribution in [0.2, 0.25) is 0 Å². The Morgan fingerprint density at radius 2 is 2.24 bits per heavy atom. The molecule has 0 spiro atoms. The van der Waals surface area contributed by atoms with Crippen LogP contribution in [0.4, 0.5) is 0 Å². The molecular weight excluding hydrogens is 284 g/mol. The molecule has 1 amide bonds. The number of nitrogens with one attached hydrogen (secondary N) is 1. The molecule has 2 N–H and O–H groups in total. The SMILES string of the molecule is Cc1ncc(CNC(=O)c2cc(C#CCO)ccc2C)s1. The Morgan fingerprint density at radius 3 is 2.90 bits per heavy atom. The monoisotopic (exact) mass is 300 g/mol. The van der Waals surface area contributed by atoms with Gasteiger partial charge in [-0.25, -0.2) is 4.98 Å². The molecule has 0 unspecified atom stereocenters. The third-order valence-corrected chi connectivity index (χ3v) is 3.80. The van der Waals surface area contributed by atoms with Gasteiger partial charge in [0.2, 0.25) is 0 Å². The topological polar surface area (TPSA) is 62.2 Å². The molecule has 0 aliphatic rings. The fourth-order valence-corrected chi connectivity index (χ4v) is 2.57. The van der Waals surface area contributed by atoms with Gasteiger partial charge in [-0.15, -0.1) is 11.3 Å². The molecule has 5 heteroatoms. The van der Waals surface area contributed by atoms with E-state index in [4.69, 9.17) is 5.11 Å². The van der Waals surface area contributed by atoms with Crippen LogP contribution in [-0.4, -0.2) is 22.6 Å². The second-order valence-electron chi connectivity index (χ2n) is 4.52. The third-order valence-electron chi connectivity index (χ3n) is 2.89. The highest BCUT2D eigenvalue weighted by Crippen LogP contribution is 2.13. The number of aromatic nitrogens is 1. The quantitative estimate of drug-likeness (QED) is 0.853. The van der Waals surface area contributed by atoms with E-state index in [2.05, 4.69) is 22.1 Å². The lowest BCUT2D eigenvalue weighted by atomic mass is 10.0. The highest BCUT2D eigenvalue weighted by Gasteiger charge is 2.10. The van der Waals surface area contributed by atoms with Gasteiger partial charge in [-0.1, -0.05) is 17.9 Å². The highest BCUT2D eigenvalue weighted by molar-refractivity contribution is 7.11. The number of hydrogen-bond acceptors (Lipinski definition) is 4. The van der Waals surface area contributed by atoms with Crippen LogP contribution >= 0.6 is 11.3 Å². The maximum Gasteiger partial charge on any atom is 0.251 e. The summed E-state index contributed by atoms with van der Waals surface area (Å²) >= 11 is 1.57. The van der Waals surface area contributed by atoms with E-state index in [-0.39, 0.29) is 12.5 Å². The molecule has 0 fully saturated rings. The first-order chi connectivity index (χ1) is 10.1. The van der Waals surface area contributed by atoms with Gasteiger partial charge in [0, 0.05) is 22.2 Å². The van der Waals surface area contributed by atoms with Gasteiger partial charge >= 0.3 is 0 Å². The normalized spacial score (nSPS) is 9.86. The van der Waals surface area contributed by atoms with Gasteiger partial charge in [0.05, 0.1) is 11.6 Å². The van der Waals surface area contributed by atoms with E-state index in [1.54, 1.807) is 23.6 Å². The smallest absolute Gasteiger partial charge is 0.251 e. The maximum absolute atomic E-state index is 12.2. The van der Waals surface area contributed by atoms with Crippen molar-refractivity contribution in [2.45, 2.75) is 20.4 Å². The molecule has 21 heavy (non-hydrogen) atoms. The van der Waals surface area contributed by atoms with Crippen LogP contribution in [0.3, 0.4) is 0 Å². The van der Waals surface area contributed by atoms with Gasteiger partial charge in [-0.3, -0.25) is 4.79 Å². The Morgan fingerprint density at radius 1 is 1.43 bits per heavy atom. The number of aryl methyl sites for hydroxylation is 2. The number of nitrogens with zero attached hydrogens (tertiary/aromatic N) is 1. The van der Waals surface area contributed by atoms with Crippen molar-refractivity contribution in [2.75, 3.05) is 6.61 Å². The minimum atomic E-state index is -0.194. The average molecular weight is 300 g/mol. The molecule has 1 aromatic heterocycles. The van der Waals surface area contributed by atoms with Crippen molar-refractivity contribution in [1.82, 2.24) is 10.3 Å². The van der Waals surface area contributed by atoms with E-state index in [9.17, 15) is 4.79 Å². The van der Waals surface area contributed by atoms with E-state index < -0.39 is 0 Å². The second kappa shape index (κ2) is 7.02. The summed E-state index contributed by atoms with van der Waals surface area (Å²) in [7, 11) is 0. The Kier molecular flexibility index (Phi) is 5.09. The summed E-state index contributed by atoms with van der Waals surface area (Å²) in [5, 5.41) is 12.6. The summed E-state index contributed by atoms with van der Waals surface area (Å²) in [5.41, 5.74) is 2.21. The number of thiazole rings is 1. The highest BCUT2D eigenvalue weighted by atomic mass is 32.1. The Balaban J connectivity index is 2.10. The Labute approximate surface area is 127 Å². The number of aliphatic hydroxyl groups is 1. The lowest BCUT2D eigenvalue weighted by Crippen LogP contribution is -2.23. The fourth-order valence-electron chi connectivity index (χ4n) is 1.84. The van der Waals surface area contributed by atoms with E-state index in [0.29, 0.717) is 17.7 Å². The van der Waals surface area contributed by atoms with Crippen molar-refractivity contribution in [2.24, 2.45) is 0 Å². The molecule has 0 atom stereocenters. The summed E-state index contributed by atoms with van der Waals surface area (Å²) in [6.45, 7) is 4.09. The molecular formula is C16H16N2O2S. The van der Waals surface area contributed by atoms with Crippen LogP contribution in [-0.2, 0) is 6.54 Å². The summed E-state index contributed by atoms with van der Waals surface area (Å²) < 4.78 is 0. The Hall–Kier alpha value is -2.16. The molecule has 0 saturated heterocycles. The molecule has 4 nitrogen and oxygen atoms in total. The molecule has 0 saturated carbocycles. The van der Waals surface area contributed by atoms with E-state index in [1.807, 2.05) is 26.0 Å². The third kappa shape index (κ3) is 4.15. The maximum atomic E-state index is 12.2. The van der Waals surface area contributed by atoms with Crippen LogP contribution in [0.1, 0.15) is 31.4 Å². The molecule has 0 aliphatic carbocycles. The first-order valence-corrected chi connectivity index (χ1v) is 7.31. The number of aliphatic hydroxyl groups excluding tert-OH is 1. The number of carbonyl (C=O) groups is 1. The van der Waals surface area contributed by atoms with Gasteiger partial charge in [-0.05, 0) is 31.5 Å². The molecule has 108 valence electrons. The van der Waals surface area contributed by atoms with E-state index in [1.165, 1.54) is 0 Å². The standard InChI is InChI=1S/C16H16N2O2S/c1-11-5-6-13(4-3-7-19)8-15(11)16(20)18-10-14-9-17-12(2)21-14/h5-6,8-9,19H,7,10H2,1-2H3,(H,18,20). The van der Waals surface area contributed by atoms with Crippen LogP contribution < -0.4 is 5.32 Å². The zero-order valence-corrected chi connectivity index (χ0v) is 12.8. The van der Waals surface area contributed by atoms with Crippen molar-refractivity contribution >= 4 is 17.2 Å². The molecule has 2 aromatic rings. The lowest BCUT2D eigenvalue weighted by Gasteiger charge is -2.07. The zero-order valence-electron chi connectivity index (χ0n) is 11.9. The van der Waals surface area contributed by atoms with Gasteiger partial charge in [0.1, 0.15) is 6.61 Å².